The van der Waals surface area contributed by atoms with E-state index in [9.17, 15) is 4.79 Å². The van der Waals surface area contributed by atoms with Gasteiger partial charge in [0.15, 0.2) is 0 Å². The summed E-state index contributed by atoms with van der Waals surface area (Å²) in [5, 5.41) is 7.90. The van der Waals surface area contributed by atoms with Crippen LogP contribution in [0.5, 0.6) is 0 Å². The van der Waals surface area contributed by atoms with Gasteiger partial charge in [0.2, 0.25) is 5.90 Å². The van der Waals surface area contributed by atoms with Crippen LogP contribution in [0.1, 0.15) is 5.56 Å². The summed E-state index contributed by atoms with van der Waals surface area (Å²) in [6.07, 6.45) is -0.926. The van der Waals surface area contributed by atoms with Gasteiger partial charge in [0.1, 0.15) is 0 Å². The molecule has 1 heterocycles. The fourth-order valence-corrected chi connectivity index (χ4v) is 1.74. The van der Waals surface area contributed by atoms with Crippen molar-refractivity contribution in [2.24, 2.45) is 15.2 Å². The number of cyclic esters (lactones) is 1. The fourth-order valence-electron chi connectivity index (χ4n) is 1.74. The third-order valence-electron chi connectivity index (χ3n) is 2.71. The predicted octanol–water partition coefficient (Wildman–Crippen LogP) is 3.10. The molecule has 98 valence electrons. The number of hydrogen-bond acceptors (Lipinski definition) is 5. The van der Waals surface area contributed by atoms with Crippen molar-refractivity contribution in [3.8, 4) is 0 Å². The van der Waals surface area contributed by atoms with Gasteiger partial charge in [-0.25, -0.2) is 9.79 Å². The Balaban J connectivity index is 1.79. The van der Waals surface area contributed by atoms with Crippen LogP contribution in [0, 0.1) is 0 Å². The molecule has 5 nitrogen and oxygen atoms in total. The summed E-state index contributed by atoms with van der Waals surface area (Å²) >= 11 is 0. The molecule has 1 atom stereocenters. The van der Waals surface area contributed by atoms with Crippen molar-refractivity contribution in [3.05, 3.63) is 66.2 Å². The summed E-state index contributed by atoms with van der Waals surface area (Å²) in [6, 6.07) is 18.4. The monoisotopic (exact) mass is 265 g/mol. The minimum Gasteiger partial charge on any atom is -0.404 e. The number of rotatable bonds is 3. The molecule has 0 aromatic heterocycles. The molecule has 0 fully saturated rings. The highest BCUT2D eigenvalue weighted by atomic mass is 16.6. The summed E-state index contributed by atoms with van der Waals surface area (Å²) in [7, 11) is 0. The van der Waals surface area contributed by atoms with Gasteiger partial charge < -0.3 is 4.74 Å². The van der Waals surface area contributed by atoms with Crippen molar-refractivity contribution in [2.75, 3.05) is 0 Å². The Hall–Kier alpha value is -2.82. The van der Waals surface area contributed by atoms with E-state index in [2.05, 4.69) is 15.2 Å². The highest BCUT2D eigenvalue weighted by Gasteiger charge is 2.29. The summed E-state index contributed by atoms with van der Waals surface area (Å²) in [6.45, 7) is 0. The lowest BCUT2D eigenvalue weighted by atomic mass is 10.2. The molecule has 0 saturated heterocycles. The Labute approximate surface area is 115 Å². The van der Waals surface area contributed by atoms with Crippen LogP contribution in [-0.2, 0) is 9.53 Å². The fraction of sp³-hybridized carbons (Fsp3) is 0.0667. The van der Waals surface area contributed by atoms with Crippen molar-refractivity contribution in [2.45, 2.75) is 6.17 Å². The van der Waals surface area contributed by atoms with Gasteiger partial charge in [-0.15, -0.1) is 5.11 Å². The normalized spacial score (nSPS) is 18.1. The van der Waals surface area contributed by atoms with Crippen molar-refractivity contribution in [3.63, 3.8) is 0 Å². The van der Waals surface area contributed by atoms with Crippen LogP contribution < -0.4 is 0 Å². The molecule has 1 aliphatic rings. The Bertz CT molecular complexity index is 666. The number of benzene rings is 2. The van der Waals surface area contributed by atoms with Crippen LogP contribution in [0.15, 0.2) is 75.9 Å². The van der Waals surface area contributed by atoms with Crippen LogP contribution in [0.2, 0.25) is 0 Å². The number of azo groups is 1. The SMILES string of the molecule is O=C1OC(c2ccccc2)=NC1N=Nc1ccccc1. The highest BCUT2D eigenvalue weighted by Crippen LogP contribution is 2.17. The average molecular weight is 265 g/mol. The largest absolute Gasteiger partial charge is 0.404 e. The molecular weight excluding hydrogens is 254 g/mol. The van der Waals surface area contributed by atoms with Crippen molar-refractivity contribution < 1.29 is 9.53 Å². The third kappa shape index (κ3) is 2.61. The van der Waals surface area contributed by atoms with E-state index in [1.54, 1.807) is 12.1 Å². The number of ether oxygens (including phenoxy) is 1. The van der Waals surface area contributed by atoms with E-state index >= 15 is 0 Å². The van der Waals surface area contributed by atoms with Crippen LogP contribution in [0.25, 0.3) is 0 Å². The second-order valence-electron chi connectivity index (χ2n) is 4.15. The molecule has 5 heteroatoms. The van der Waals surface area contributed by atoms with Gasteiger partial charge >= 0.3 is 5.97 Å². The lowest BCUT2D eigenvalue weighted by molar-refractivity contribution is -0.134. The van der Waals surface area contributed by atoms with E-state index in [0.717, 1.165) is 5.56 Å². The van der Waals surface area contributed by atoms with Crippen molar-refractivity contribution in [1.82, 2.24) is 0 Å². The molecule has 1 aliphatic heterocycles. The zero-order valence-electron chi connectivity index (χ0n) is 10.5. The number of aliphatic imine (C=N–C) groups is 1. The van der Waals surface area contributed by atoms with Gasteiger partial charge in [-0.2, -0.15) is 5.11 Å². The van der Waals surface area contributed by atoms with E-state index in [4.69, 9.17) is 4.74 Å². The molecule has 2 aromatic carbocycles. The summed E-state index contributed by atoms with van der Waals surface area (Å²) in [5.41, 5.74) is 1.42. The third-order valence-corrected chi connectivity index (χ3v) is 2.71. The molecule has 0 saturated carbocycles. The van der Waals surface area contributed by atoms with E-state index in [0.29, 0.717) is 5.69 Å². The number of carbonyl (C=O) groups excluding carboxylic acids is 1. The first kappa shape index (κ1) is 12.2. The Morgan fingerprint density at radius 3 is 2.30 bits per heavy atom. The Morgan fingerprint density at radius 2 is 1.60 bits per heavy atom. The smallest absolute Gasteiger partial charge is 0.362 e. The quantitative estimate of drug-likeness (QED) is 0.632. The van der Waals surface area contributed by atoms with Gasteiger partial charge in [0, 0.05) is 5.56 Å². The molecule has 0 aliphatic carbocycles. The van der Waals surface area contributed by atoms with Crippen LogP contribution in [-0.4, -0.2) is 18.0 Å². The summed E-state index contributed by atoms with van der Waals surface area (Å²) in [4.78, 5) is 15.8. The molecule has 0 bridgehead atoms. The summed E-state index contributed by atoms with van der Waals surface area (Å²) < 4.78 is 5.11. The molecule has 1 unspecified atom stereocenters. The molecule has 2 aromatic rings. The maximum absolute atomic E-state index is 11.7. The van der Waals surface area contributed by atoms with Crippen molar-refractivity contribution >= 4 is 17.6 Å². The van der Waals surface area contributed by atoms with E-state index < -0.39 is 12.1 Å². The second kappa shape index (κ2) is 5.44. The lowest BCUT2D eigenvalue weighted by Gasteiger charge is -1.97. The number of carbonyl (C=O) groups is 1. The molecule has 3 rings (SSSR count). The Kier molecular flexibility index (Phi) is 3.33. The molecule has 0 radical (unpaired) electrons. The number of esters is 1. The van der Waals surface area contributed by atoms with E-state index in [1.807, 2.05) is 48.5 Å². The van der Waals surface area contributed by atoms with Crippen LogP contribution in [0.4, 0.5) is 5.69 Å². The first-order chi connectivity index (χ1) is 9.83. The van der Waals surface area contributed by atoms with Gasteiger partial charge in [-0.1, -0.05) is 36.4 Å². The zero-order chi connectivity index (χ0) is 13.8. The number of nitrogens with zero attached hydrogens (tertiary/aromatic N) is 3. The van der Waals surface area contributed by atoms with Gasteiger partial charge in [0.05, 0.1) is 5.69 Å². The maximum Gasteiger partial charge on any atom is 0.362 e. The van der Waals surface area contributed by atoms with E-state index in [-0.39, 0.29) is 5.90 Å². The van der Waals surface area contributed by atoms with Crippen LogP contribution in [0.3, 0.4) is 0 Å². The van der Waals surface area contributed by atoms with Gasteiger partial charge in [0.25, 0.3) is 6.17 Å². The van der Waals surface area contributed by atoms with Crippen LogP contribution >= 0.6 is 0 Å². The molecule has 20 heavy (non-hydrogen) atoms. The minimum atomic E-state index is -0.926. The molecule has 0 N–H and O–H groups in total. The molecule has 0 amide bonds. The predicted molar refractivity (Wildman–Crippen MR) is 73.8 cm³/mol. The standard InChI is InChI=1S/C15H11N3O2/c19-15-13(18-17-12-9-5-2-6-10-12)16-14(20-15)11-7-3-1-4-8-11/h1-10,13H. The topological polar surface area (TPSA) is 63.4 Å². The lowest BCUT2D eigenvalue weighted by Crippen LogP contribution is -2.12. The summed E-state index contributed by atoms with van der Waals surface area (Å²) in [5.74, 6) is -0.226. The molecule has 0 spiro atoms. The zero-order valence-corrected chi connectivity index (χ0v) is 10.5. The number of hydrogen-bond donors (Lipinski definition) is 0. The second-order valence-corrected chi connectivity index (χ2v) is 4.15. The highest BCUT2D eigenvalue weighted by molar-refractivity contribution is 6.06. The van der Waals surface area contributed by atoms with Gasteiger partial charge in [-0.3, -0.25) is 0 Å². The molecular formula is C15H11N3O2. The Morgan fingerprint density at radius 1 is 0.950 bits per heavy atom. The maximum atomic E-state index is 11.7. The first-order valence-corrected chi connectivity index (χ1v) is 6.14. The first-order valence-electron chi connectivity index (χ1n) is 6.14. The van der Waals surface area contributed by atoms with Gasteiger partial charge in [-0.05, 0) is 24.3 Å². The van der Waals surface area contributed by atoms with E-state index in [1.165, 1.54) is 0 Å². The average Bonchev–Trinajstić information content (AvgIpc) is 2.88. The van der Waals surface area contributed by atoms with Crippen molar-refractivity contribution in [1.29, 1.82) is 0 Å². The minimum absolute atomic E-state index is 0.285.